The van der Waals surface area contributed by atoms with E-state index in [-0.39, 0.29) is 47.4 Å². The minimum Gasteiger partial charge on any atom is -0.463 e. The maximum atomic E-state index is 14.1. The van der Waals surface area contributed by atoms with Crippen LogP contribution in [0, 0.1) is 11.6 Å². The molecular formula is C22H29F2N5O5S2. The van der Waals surface area contributed by atoms with Gasteiger partial charge in [0.2, 0.25) is 5.88 Å². The quantitative estimate of drug-likeness (QED) is 0.249. The van der Waals surface area contributed by atoms with Gasteiger partial charge < -0.3 is 14.8 Å². The third kappa shape index (κ3) is 7.48. The fourth-order valence-corrected chi connectivity index (χ4v) is 5.39. The van der Waals surface area contributed by atoms with E-state index in [9.17, 15) is 22.0 Å². The van der Waals surface area contributed by atoms with Crippen molar-refractivity contribution in [1.82, 2.24) is 19.6 Å². The topological polar surface area (TPSA) is 123 Å². The molecule has 3 rings (SSSR count). The van der Waals surface area contributed by atoms with Gasteiger partial charge in [-0.05, 0) is 26.3 Å². The average molecular weight is 546 g/mol. The van der Waals surface area contributed by atoms with Crippen LogP contribution in [0.3, 0.4) is 0 Å². The summed E-state index contributed by atoms with van der Waals surface area (Å²) < 4.78 is 68.0. The van der Waals surface area contributed by atoms with Crippen molar-refractivity contribution in [3.05, 3.63) is 41.5 Å². The maximum Gasteiger partial charge on any atom is 0.347 e. The number of esters is 1. The normalized spacial score (nSPS) is 17.4. The van der Waals surface area contributed by atoms with E-state index in [1.165, 1.54) is 29.4 Å². The number of carbonyl (C=O) groups is 1. The smallest absolute Gasteiger partial charge is 0.347 e. The molecule has 1 aliphatic rings. The van der Waals surface area contributed by atoms with Gasteiger partial charge in [0, 0.05) is 43.1 Å². The van der Waals surface area contributed by atoms with E-state index >= 15 is 0 Å². The first-order valence-electron chi connectivity index (χ1n) is 11.4. The Morgan fingerprint density at radius 3 is 2.83 bits per heavy atom. The number of hydrogen-bond acceptors (Lipinski definition) is 9. The number of piperazine rings is 1. The Morgan fingerprint density at radius 2 is 2.11 bits per heavy atom. The van der Waals surface area contributed by atoms with Crippen molar-refractivity contribution in [3.8, 4) is 5.88 Å². The van der Waals surface area contributed by atoms with E-state index in [1.54, 1.807) is 6.92 Å². The van der Waals surface area contributed by atoms with Gasteiger partial charge in [0.25, 0.3) is 0 Å². The van der Waals surface area contributed by atoms with E-state index in [4.69, 9.17) is 9.47 Å². The summed E-state index contributed by atoms with van der Waals surface area (Å²) in [6.07, 6.45) is -0.262. The molecule has 2 N–H and O–H groups in total. The predicted molar refractivity (Wildman–Crippen MR) is 131 cm³/mol. The molecule has 0 spiro atoms. The summed E-state index contributed by atoms with van der Waals surface area (Å²) >= 11 is 0.953. The van der Waals surface area contributed by atoms with Crippen LogP contribution in [-0.2, 0) is 25.5 Å². The van der Waals surface area contributed by atoms with E-state index in [0.29, 0.717) is 13.1 Å². The first-order valence-corrected chi connectivity index (χ1v) is 13.8. The first-order chi connectivity index (χ1) is 17.1. The van der Waals surface area contributed by atoms with E-state index < -0.39 is 33.9 Å². The molecule has 1 aromatic carbocycles. The van der Waals surface area contributed by atoms with Gasteiger partial charge in [0.1, 0.15) is 5.82 Å². The molecule has 1 aromatic heterocycles. The number of nitrogens with one attached hydrogen (secondary N) is 2. The zero-order chi connectivity index (χ0) is 26.3. The van der Waals surface area contributed by atoms with Crippen molar-refractivity contribution in [2.45, 2.75) is 50.2 Å². The highest BCUT2D eigenvalue weighted by molar-refractivity contribution is 7.98. The molecule has 36 heavy (non-hydrogen) atoms. The van der Waals surface area contributed by atoms with Gasteiger partial charge in [-0.2, -0.15) is 17.7 Å². The highest BCUT2D eigenvalue weighted by Gasteiger charge is 2.29. The lowest BCUT2D eigenvalue weighted by Crippen LogP contribution is -2.53. The maximum absolute atomic E-state index is 14.1. The number of carbonyl (C=O) groups excluding carboxylic acids is 1. The van der Waals surface area contributed by atoms with Crippen LogP contribution in [0.2, 0.25) is 0 Å². The Bertz CT molecular complexity index is 1170. The Morgan fingerprint density at radius 1 is 1.33 bits per heavy atom. The van der Waals surface area contributed by atoms with Crippen LogP contribution >= 0.6 is 11.8 Å². The lowest BCUT2D eigenvalue weighted by atomic mass is 10.2. The van der Waals surface area contributed by atoms with Crippen LogP contribution in [0.15, 0.2) is 29.4 Å². The molecule has 2 aromatic rings. The molecule has 0 aliphatic carbocycles. The molecule has 10 nitrogen and oxygen atoms in total. The number of anilines is 1. The van der Waals surface area contributed by atoms with E-state index in [2.05, 4.69) is 20.0 Å². The molecule has 2 atom stereocenters. The van der Waals surface area contributed by atoms with Crippen molar-refractivity contribution in [3.63, 3.8) is 0 Å². The summed E-state index contributed by atoms with van der Waals surface area (Å²) in [5, 5.41) is 3.29. The van der Waals surface area contributed by atoms with Crippen LogP contribution in [0.4, 0.5) is 14.6 Å². The van der Waals surface area contributed by atoms with Crippen LogP contribution in [0.1, 0.15) is 32.8 Å². The summed E-state index contributed by atoms with van der Waals surface area (Å²) in [7, 11) is -3.96. The van der Waals surface area contributed by atoms with Crippen molar-refractivity contribution in [2.24, 2.45) is 0 Å². The Kier molecular flexibility index (Phi) is 9.82. The molecule has 2 heterocycles. The molecule has 1 aliphatic heterocycles. The summed E-state index contributed by atoms with van der Waals surface area (Å²) in [4.78, 5) is 20.4. The number of benzene rings is 1. The average Bonchev–Trinajstić information content (AvgIpc) is 2.84. The molecule has 0 unspecified atom stereocenters. The lowest BCUT2D eigenvalue weighted by molar-refractivity contribution is -0.150. The van der Waals surface area contributed by atoms with Crippen molar-refractivity contribution in [2.75, 3.05) is 31.0 Å². The summed E-state index contributed by atoms with van der Waals surface area (Å²) in [5.74, 6) is -2.80. The minimum atomic E-state index is -3.96. The highest BCUT2D eigenvalue weighted by atomic mass is 32.2. The van der Waals surface area contributed by atoms with Gasteiger partial charge in [-0.1, -0.05) is 30.8 Å². The van der Waals surface area contributed by atoms with Crippen molar-refractivity contribution in [1.29, 1.82) is 0 Å². The van der Waals surface area contributed by atoms with Gasteiger partial charge in [0.15, 0.2) is 22.9 Å². The Hall–Kier alpha value is -2.55. The SMILES string of the molecule is CCOC(=O)[C@@H](C)Oc1cc(NS(=O)(=O)N2CCN[C@H](CC)C2)nc(SCc2cccc(F)c2F)n1. The molecule has 0 saturated carbocycles. The number of rotatable bonds is 11. The molecular weight excluding hydrogens is 516 g/mol. The first kappa shape index (κ1) is 28.0. The van der Waals surface area contributed by atoms with Gasteiger partial charge in [0.05, 0.1) is 6.61 Å². The fourth-order valence-electron chi connectivity index (χ4n) is 3.36. The highest BCUT2D eigenvalue weighted by Crippen LogP contribution is 2.27. The zero-order valence-corrected chi connectivity index (χ0v) is 21.8. The summed E-state index contributed by atoms with van der Waals surface area (Å²) in [5.41, 5.74) is 0.0865. The van der Waals surface area contributed by atoms with Gasteiger partial charge in [-0.15, -0.1) is 0 Å². The molecule has 198 valence electrons. The van der Waals surface area contributed by atoms with Gasteiger partial charge in [-0.25, -0.2) is 18.6 Å². The van der Waals surface area contributed by atoms with Crippen molar-refractivity contribution >= 4 is 33.8 Å². The third-order valence-corrected chi connectivity index (χ3v) is 7.65. The van der Waals surface area contributed by atoms with Crippen LogP contribution in [-0.4, -0.2) is 67.0 Å². The second-order valence-electron chi connectivity index (χ2n) is 7.91. The minimum absolute atomic E-state index is 0.0252. The second kappa shape index (κ2) is 12.6. The number of hydrogen-bond donors (Lipinski definition) is 2. The fraction of sp³-hybridized carbons (Fsp3) is 0.500. The Labute approximate surface area is 213 Å². The van der Waals surface area contributed by atoms with E-state index in [0.717, 1.165) is 24.2 Å². The van der Waals surface area contributed by atoms with Crippen LogP contribution in [0.5, 0.6) is 5.88 Å². The largest absolute Gasteiger partial charge is 0.463 e. The number of aromatic nitrogens is 2. The zero-order valence-electron chi connectivity index (χ0n) is 20.2. The lowest BCUT2D eigenvalue weighted by Gasteiger charge is -2.32. The monoisotopic (exact) mass is 545 g/mol. The molecule has 1 saturated heterocycles. The molecule has 14 heteroatoms. The summed E-state index contributed by atoms with van der Waals surface area (Å²) in [6, 6.07) is 5.09. The van der Waals surface area contributed by atoms with E-state index in [1.807, 2.05) is 6.92 Å². The van der Waals surface area contributed by atoms with Crippen LogP contribution < -0.4 is 14.8 Å². The van der Waals surface area contributed by atoms with Gasteiger partial charge in [-0.3, -0.25) is 4.72 Å². The van der Waals surface area contributed by atoms with Crippen molar-refractivity contribution < 1.29 is 31.5 Å². The molecule has 1 fully saturated rings. The molecule has 0 radical (unpaired) electrons. The number of ether oxygens (including phenoxy) is 2. The van der Waals surface area contributed by atoms with Gasteiger partial charge >= 0.3 is 16.2 Å². The number of nitrogens with zero attached hydrogens (tertiary/aromatic N) is 3. The van der Waals surface area contributed by atoms with Crippen LogP contribution in [0.25, 0.3) is 0 Å². The Balaban J connectivity index is 1.85. The summed E-state index contributed by atoms with van der Waals surface area (Å²) in [6.45, 7) is 6.32. The number of thioether (sulfide) groups is 1. The molecule has 0 amide bonds. The number of halogens is 2. The third-order valence-electron chi connectivity index (χ3n) is 5.27. The standard InChI is InChI=1S/C22H29F2N5O5S2/c1-4-16-12-29(10-9-25-16)36(31,32)28-18-11-19(34-14(3)21(30)33-5-2)27-22(26-18)35-13-15-7-6-8-17(23)20(15)24/h6-8,11,14,16,25H,4-5,9-10,12-13H2,1-3H3,(H,26,27,28)/t14-,16-/m1/s1. The predicted octanol–water partition coefficient (Wildman–Crippen LogP) is 2.72. The second-order valence-corrected chi connectivity index (χ2v) is 10.5. The molecule has 0 bridgehead atoms.